The number of aliphatic carboxylic acids is 1. The average Bonchev–Trinajstić information content (AvgIpc) is 2.50. The highest BCUT2D eigenvalue weighted by molar-refractivity contribution is 7.09. The Bertz CT molecular complexity index is 349. The molecule has 0 amide bonds. The number of hydrogen-bond donors (Lipinski definition) is 1. The van der Waals surface area contributed by atoms with E-state index in [4.69, 9.17) is 5.11 Å². The Kier molecular flexibility index (Phi) is 4.45. The first-order valence-electron chi connectivity index (χ1n) is 4.58. The van der Waals surface area contributed by atoms with Crippen LogP contribution in [0.3, 0.4) is 0 Å². The van der Waals surface area contributed by atoms with Crippen LogP contribution in [0.1, 0.15) is 10.7 Å². The first-order valence-corrected chi connectivity index (χ1v) is 5.46. The van der Waals surface area contributed by atoms with Crippen molar-refractivity contribution in [1.29, 1.82) is 0 Å². The van der Waals surface area contributed by atoms with Crippen molar-refractivity contribution in [3.05, 3.63) is 28.7 Å². The zero-order valence-electron chi connectivity index (χ0n) is 8.64. The lowest BCUT2D eigenvalue weighted by molar-refractivity contribution is -0.138. The maximum absolute atomic E-state index is 10.6. The van der Waals surface area contributed by atoms with Gasteiger partial charge in [-0.15, -0.1) is 17.9 Å². The van der Waals surface area contributed by atoms with E-state index < -0.39 is 5.97 Å². The summed E-state index contributed by atoms with van der Waals surface area (Å²) in [5.41, 5.74) is 0.976. The minimum atomic E-state index is -0.829. The van der Waals surface area contributed by atoms with E-state index in [0.717, 1.165) is 10.7 Å². The second kappa shape index (κ2) is 5.63. The zero-order valence-corrected chi connectivity index (χ0v) is 9.46. The largest absolute Gasteiger partial charge is 0.480 e. The van der Waals surface area contributed by atoms with Crippen LogP contribution in [0, 0.1) is 6.92 Å². The maximum atomic E-state index is 10.6. The van der Waals surface area contributed by atoms with Gasteiger partial charge in [0, 0.05) is 17.6 Å². The first kappa shape index (κ1) is 11.9. The zero-order chi connectivity index (χ0) is 11.3. The van der Waals surface area contributed by atoms with E-state index >= 15 is 0 Å². The van der Waals surface area contributed by atoms with Crippen LogP contribution in [0.4, 0.5) is 0 Å². The first-order chi connectivity index (χ1) is 7.11. The molecule has 0 aliphatic rings. The van der Waals surface area contributed by atoms with E-state index in [1.54, 1.807) is 22.3 Å². The molecule has 1 aromatic rings. The summed E-state index contributed by atoms with van der Waals surface area (Å²) in [5, 5.41) is 11.6. The van der Waals surface area contributed by atoms with Gasteiger partial charge in [-0.1, -0.05) is 6.08 Å². The van der Waals surface area contributed by atoms with Gasteiger partial charge in [-0.25, -0.2) is 4.98 Å². The molecule has 1 N–H and O–H groups in total. The lowest BCUT2D eigenvalue weighted by Gasteiger charge is -2.16. The predicted octanol–water partition coefficient (Wildman–Crippen LogP) is 1.52. The highest BCUT2D eigenvalue weighted by atomic mass is 32.1. The monoisotopic (exact) mass is 226 g/mol. The van der Waals surface area contributed by atoms with Crippen molar-refractivity contribution in [2.24, 2.45) is 0 Å². The van der Waals surface area contributed by atoms with Gasteiger partial charge in [0.1, 0.15) is 5.01 Å². The Morgan fingerprint density at radius 2 is 2.53 bits per heavy atom. The van der Waals surface area contributed by atoms with Gasteiger partial charge in [0.15, 0.2) is 0 Å². The predicted molar refractivity (Wildman–Crippen MR) is 60.0 cm³/mol. The summed E-state index contributed by atoms with van der Waals surface area (Å²) in [5.74, 6) is -0.829. The molecule has 0 atom stereocenters. The Balaban J connectivity index is 2.57. The minimum Gasteiger partial charge on any atom is -0.480 e. The Labute approximate surface area is 92.9 Å². The van der Waals surface area contributed by atoms with Crippen molar-refractivity contribution in [3.8, 4) is 0 Å². The summed E-state index contributed by atoms with van der Waals surface area (Å²) in [6.45, 7) is 6.67. The van der Waals surface area contributed by atoms with Crippen LogP contribution < -0.4 is 0 Å². The van der Waals surface area contributed by atoms with E-state index in [9.17, 15) is 4.79 Å². The number of carboxylic acid groups (broad SMARTS) is 1. The molecule has 0 spiro atoms. The number of nitrogens with zero attached hydrogens (tertiary/aromatic N) is 2. The van der Waals surface area contributed by atoms with Gasteiger partial charge in [-0.2, -0.15) is 0 Å². The molecule has 1 heterocycles. The van der Waals surface area contributed by atoms with Crippen molar-refractivity contribution >= 4 is 17.3 Å². The number of aryl methyl sites for hydroxylation is 1. The Morgan fingerprint density at radius 3 is 3.00 bits per heavy atom. The van der Waals surface area contributed by atoms with Crippen LogP contribution in [0.15, 0.2) is 18.0 Å². The highest BCUT2D eigenvalue weighted by Gasteiger charge is 2.10. The topological polar surface area (TPSA) is 53.4 Å². The number of rotatable bonds is 6. The summed E-state index contributed by atoms with van der Waals surface area (Å²) < 4.78 is 0. The number of hydrogen-bond acceptors (Lipinski definition) is 4. The molecule has 0 aliphatic heterocycles. The van der Waals surface area contributed by atoms with Crippen LogP contribution >= 0.6 is 11.3 Å². The van der Waals surface area contributed by atoms with Crippen LogP contribution in [-0.4, -0.2) is 34.0 Å². The second-order valence-corrected chi connectivity index (χ2v) is 4.18. The normalized spacial score (nSPS) is 10.5. The third-order valence-corrected chi connectivity index (χ3v) is 2.72. The molecule has 0 saturated heterocycles. The number of carbonyl (C=O) groups is 1. The van der Waals surface area contributed by atoms with E-state index in [1.807, 2.05) is 12.3 Å². The highest BCUT2D eigenvalue weighted by Crippen LogP contribution is 2.11. The third kappa shape index (κ3) is 4.22. The summed E-state index contributed by atoms with van der Waals surface area (Å²) in [6, 6.07) is 0. The van der Waals surface area contributed by atoms with E-state index in [-0.39, 0.29) is 6.54 Å². The standard InChI is InChI=1S/C10H14N2O2S/c1-3-4-12(6-10(13)14)5-9-11-8(2)7-15-9/h3,7H,1,4-6H2,2H3,(H,13,14). The van der Waals surface area contributed by atoms with Crippen molar-refractivity contribution in [3.63, 3.8) is 0 Å². The molecule has 5 heteroatoms. The fourth-order valence-corrected chi connectivity index (χ4v) is 2.04. The van der Waals surface area contributed by atoms with E-state index in [0.29, 0.717) is 13.1 Å². The lowest BCUT2D eigenvalue weighted by atomic mass is 10.4. The molecule has 0 fully saturated rings. The SMILES string of the molecule is C=CCN(CC(=O)O)Cc1nc(C)cs1. The van der Waals surface area contributed by atoms with Gasteiger partial charge in [-0.05, 0) is 6.92 Å². The molecule has 0 bridgehead atoms. The molecule has 0 aromatic carbocycles. The van der Waals surface area contributed by atoms with Crippen LogP contribution in [0.25, 0.3) is 0 Å². The lowest BCUT2D eigenvalue weighted by Crippen LogP contribution is -2.29. The van der Waals surface area contributed by atoms with Crippen LogP contribution in [0.5, 0.6) is 0 Å². The molecular weight excluding hydrogens is 212 g/mol. The van der Waals surface area contributed by atoms with Gasteiger partial charge < -0.3 is 5.11 Å². The number of carboxylic acids is 1. The van der Waals surface area contributed by atoms with E-state index in [1.165, 1.54) is 0 Å². The van der Waals surface area contributed by atoms with E-state index in [2.05, 4.69) is 11.6 Å². The molecule has 0 aliphatic carbocycles. The molecular formula is C10H14N2O2S. The van der Waals surface area contributed by atoms with Crippen molar-refractivity contribution < 1.29 is 9.90 Å². The van der Waals surface area contributed by atoms with Crippen molar-refractivity contribution in [2.75, 3.05) is 13.1 Å². The Hall–Kier alpha value is -1.20. The molecule has 82 valence electrons. The average molecular weight is 226 g/mol. The maximum Gasteiger partial charge on any atom is 0.317 e. The van der Waals surface area contributed by atoms with Crippen molar-refractivity contribution in [2.45, 2.75) is 13.5 Å². The molecule has 0 unspecified atom stereocenters. The van der Waals surface area contributed by atoms with Gasteiger partial charge in [0.05, 0.1) is 13.1 Å². The van der Waals surface area contributed by atoms with Gasteiger partial charge in [0.25, 0.3) is 0 Å². The van der Waals surface area contributed by atoms with Crippen molar-refractivity contribution in [1.82, 2.24) is 9.88 Å². The smallest absolute Gasteiger partial charge is 0.317 e. The van der Waals surface area contributed by atoms with Crippen LogP contribution in [0.2, 0.25) is 0 Å². The molecule has 0 radical (unpaired) electrons. The fraction of sp³-hybridized carbons (Fsp3) is 0.400. The second-order valence-electron chi connectivity index (χ2n) is 3.23. The van der Waals surface area contributed by atoms with Gasteiger partial charge in [0.2, 0.25) is 0 Å². The molecule has 0 saturated carbocycles. The summed E-state index contributed by atoms with van der Waals surface area (Å²) in [6.07, 6.45) is 1.70. The summed E-state index contributed by atoms with van der Waals surface area (Å²) in [7, 11) is 0. The minimum absolute atomic E-state index is 0.0185. The van der Waals surface area contributed by atoms with Crippen LogP contribution in [-0.2, 0) is 11.3 Å². The quantitative estimate of drug-likeness (QED) is 0.747. The molecule has 15 heavy (non-hydrogen) atoms. The Morgan fingerprint density at radius 1 is 1.80 bits per heavy atom. The van der Waals surface area contributed by atoms with Gasteiger partial charge in [-0.3, -0.25) is 9.69 Å². The third-order valence-electron chi connectivity index (χ3n) is 1.77. The van der Waals surface area contributed by atoms with Gasteiger partial charge >= 0.3 is 5.97 Å². The number of aromatic nitrogens is 1. The summed E-state index contributed by atoms with van der Waals surface area (Å²) in [4.78, 5) is 16.7. The summed E-state index contributed by atoms with van der Waals surface area (Å²) >= 11 is 1.55. The fourth-order valence-electron chi connectivity index (χ4n) is 1.23. The molecule has 1 aromatic heterocycles. The molecule has 1 rings (SSSR count). The molecule has 4 nitrogen and oxygen atoms in total. The number of thiazole rings is 1.